The van der Waals surface area contributed by atoms with Crippen molar-refractivity contribution in [3.63, 3.8) is 0 Å². The Morgan fingerprint density at radius 2 is 1.40 bits per heavy atom. The molecule has 0 heterocycles. The summed E-state index contributed by atoms with van der Waals surface area (Å²) >= 11 is 3.33. The van der Waals surface area contributed by atoms with E-state index in [1.54, 1.807) is 0 Å². The number of rotatable bonds is 0. The fourth-order valence-corrected chi connectivity index (χ4v) is 0. The van der Waals surface area contributed by atoms with Gasteiger partial charge in [0.15, 0.2) is 0 Å². The molecule has 0 aliphatic rings. The normalized spacial score (nSPS) is 2.00. The number of hydrogen-bond acceptors (Lipinski definition) is 2. The third kappa shape index (κ3) is 36.7. The third-order valence-electron chi connectivity index (χ3n) is 0. The van der Waals surface area contributed by atoms with Crippen LogP contribution in [0, 0.1) is 4.78 Å². The summed E-state index contributed by atoms with van der Waals surface area (Å²) in [7, 11) is 0.500. The van der Waals surface area contributed by atoms with E-state index in [4.69, 9.17) is 4.78 Å². The Kier molecular flexibility index (Phi) is 206. The molecule has 0 saturated heterocycles. The zero-order valence-electron chi connectivity index (χ0n) is 2.29. The van der Waals surface area contributed by atoms with Gasteiger partial charge in [-0.25, -0.2) is 4.78 Å². The van der Waals surface area contributed by atoms with Gasteiger partial charge in [0, 0.05) is 12.4 Å². The monoisotopic (exact) mass is 123 g/mol. The van der Waals surface area contributed by atoms with Crippen molar-refractivity contribution >= 4 is 50.2 Å². The Morgan fingerprint density at radius 3 is 1.40 bits per heavy atom. The molecule has 0 saturated carbocycles. The molecular weight excluding hydrogens is 117 g/mol. The minimum atomic E-state index is 0. The molecule has 4 heteroatoms. The van der Waals surface area contributed by atoms with E-state index in [9.17, 15) is 4.39 Å². The molecule has 0 fully saturated rings. The maximum absolute atomic E-state index is 9.50. The van der Waals surface area contributed by atoms with Crippen LogP contribution in [0.3, 0.4) is 0 Å². The van der Waals surface area contributed by atoms with E-state index in [1.807, 2.05) is 0 Å². The van der Waals surface area contributed by atoms with Crippen molar-refractivity contribution in [1.29, 1.82) is 4.78 Å². The molecule has 0 radical (unpaired) electrons. The molecule has 0 spiro atoms. The van der Waals surface area contributed by atoms with Gasteiger partial charge in [-0.1, -0.05) is 0 Å². The van der Waals surface area contributed by atoms with Crippen LogP contribution in [0.1, 0.15) is 0 Å². The van der Waals surface area contributed by atoms with Crippen molar-refractivity contribution in [2.75, 3.05) is 7.18 Å². The molecule has 0 aliphatic carbocycles. The van der Waals surface area contributed by atoms with E-state index in [-0.39, 0.29) is 37.7 Å². The van der Waals surface area contributed by atoms with Crippen LogP contribution < -0.4 is 0 Å². The third-order valence-corrected chi connectivity index (χ3v) is 0. The topological polar surface area (TPSA) is 23.9 Å². The first-order valence-electron chi connectivity index (χ1n) is 0.582. The molecule has 0 unspecified atom stereocenters. The average molecular weight is 123 g/mol. The van der Waals surface area contributed by atoms with Gasteiger partial charge < -0.3 is 0 Å². The fraction of sp³-hybridized carbons (Fsp3) is 1.00. The van der Waals surface area contributed by atoms with Crippen LogP contribution in [0.15, 0.2) is 0 Å². The van der Waals surface area contributed by atoms with Gasteiger partial charge in [-0.05, 0) is 0 Å². The zero-order chi connectivity index (χ0) is 4.00. The summed E-state index contributed by atoms with van der Waals surface area (Å²) < 4.78 is 14.8. The van der Waals surface area contributed by atoms with Crippen LogP contribution in [-0.2, 0) is 12.4 Å². The van der Waals surface area contributed by atoms with Crippen molar-refractivity contribution in [1.82, 2.24) is 0 Å². The average Bonchev–Trinajstić information content (AvgIpc) is 1.50. The summed E-state index contributed by atoms with van der Waals surface area (Å²) in [5, 5.41) is 0. The van der Waals surface area contributed by atoms with E-state index < -0.39 is 0 Å². The summed E-state index contributed by atoms with van der Waals surface area (Å²) in [4.78, 5) is 0. The Morgan fingerprint density at radius 1 is 1.40 bits per heavy atom. The summed E-state index contributed by atoms with van der Waals surface area (Å²) in [6, 6.07) is 0. The van der Waals surface area contributed by atoms with Crippen molar-refractivity contribution in [2.24, 2.45) is 0 Å². The molecule has 0 aromatic heterocycles. The number of hydrogen-bond donors (Lipinski definition) is 1. The van der Waals surface area contributed by atoms with Crippen molar-refractivity contribution < 1.29 is 4.39 Å². The first-order chi connectivity index (χ1) is 2.00. The molecule has 0 aromatic rings. The second-order valence-electron chi connectivity index (χ2n) is 0. The standard InChI is InChI=1S/CH3F.Ca.HNS.2H/c1-2;;1-2;;/h1H3;;1H;;. The van der Waals surface area contributed by atoms with Crippen molar-refractivity contribution in [3.05, 3.63) is 0 Å². The number of halogens is 1. The summed E-state index contributed by atoms with van der Waals surface area (Å²) in [5.74, 6) is 0. The molecule has 30 valence electrons. The summed E-state index contributed by atoms with van der Waals surface area (Å²) in [6.07, 6.45) is 0. The van der Waals surface area contributed by atoms with E-state index in [2.05, 4.69) is 12.4 Å². The Hall–Kier alpha value is 1.21. The Bertz CT molecular complexity index is 11.6. The second kappa shape index (κ2) is 63.1. The van der Waals surface area contributed by atoms with E-state index in [0.29, 0.717) is 7.18 Å². The fourth-order valence-electron chi connectivity index (χ4n) is 0. The molecule has 0 bridgehead atoms. The van der Waals surface area contributed by atoms with Gasteiger partial charge in [-0.3, -0.25) is 4.39 Å². The van der Waals surface area contributed by atoms with Crippen molar-refractivity contribution in [2.45, 2.75) is 0 Å². The molecule has 0 atom stereocenters. The quantitative estimate of drug-likeness (QED) is 0.449. The molecule has 0 amide bonds. The van der Waals surface area contributed by atoms with Gasteiger partial charge >= 0.3 is 37.7 Å². The van der Waals surface area contributed by atoms with Crippen LogP contribution in [0.25, 0.3) is 0 Å². The molecule has 0 rings (SSSR count). The van der Waals surface area contributed by atoms with Gasteiger partial charge in [-0.15, -0.1) is 0 Å². The number of nitrogens with one attached hydrogen (secondary N) is 1. The molecule has 1 N–H and O–H groups in total. The zero-order valence-corrected chi connectivity index (χ0v) is 3.10. The minimum absolute atomic E-state index is 0. The van der Waals surface area contributed by atoms with E-state index >= 15 is 0 Å². The Balaban J connectivity index is -0.0000000133. The predicted octanol–water partition coefficient (Wildman–Crippen LogP) is -0.0348. The first-order valence-corrected chi connectivity index (χ1v) is 0.990. The van der Waals surface area contributed by atoms with E-state index in [0.717, 1.165) is 0 Å². The van der Waals surface area contributed by atoms with Gasteiger partial charge in [0.1, 0.15) is 0 Å². The molecule has 0 aliphatic heterocycles. The van der Waals surface area contributed by atoms with Crippen LogP contribution >= 0.6 is 0 Å². The first kappa shape index (κ1) is 16.4. The van der Waals surface area contributed by atoms with Crippen LogP contribution in [0.4, 0.5) is 4.39 Å². The van der Waals surface area contributed by atoms with Gasteiger partial charge in [0.2, 0.25) is 0 Å². The molecule has 5 heavy (non-hydrogen) atoms. The number of alkyl halides is 1. The Labute approximate surface area is 65.9 Å². The predicted molar refractivity (Wildman–Crippen MR) is 25.7 cm³/mol. The summed E-state index contributed by atoms with van der Waals surface area (Å²) in [5.41, 5.74) is 0. The molecule has 1 nitrogen and oxygen atoms in total. The second-order valence-corrected chi connectivity index (χ2v) is 0. The van der Waals surface area contributed by atoms with Crippen LogP contribution in [0.2, 0.25) is 0 Å². The van der Waals surface area contributed by atoms with Crippen LogP contribution in [0.5, 0.6) is 0 Å². The van der Waals surface area contributed by atoms with E-state index in [1.165, 1.54) is 0 Å². The summed E-state index contributed by atoms with van der Waals surface area (Å²) in [6.45, 7) is 0. The van der Waals surface area contributed by atoms with Crippen LogP contribution in [-0.4, -0.2) is 44.9 Å². The SMILES string of the molecule is CF.N=S.[CaH2]. The molecule has 0 aromatic carbocycles. The van der Waals surface area contributed by atoms with Gasteiger partial charge in [0.05, 0.1) is 7.18 Å². The van der Waals surface area contributed by atoms with Crippen molar-refractivity contribution in [3.8, 4) is 0 Å². The maximum atomic E-state index is 9.50. The molecular formula is CH6CaFNS. The van der Waals surface area contributed by atoms with Gasteiger partial charge in [-0.2, -0.15) is 0 Å². The van der Waals surface area contributed by atoms with Gasteiger partial charge in [0.25, 0.3) is 0 Å².